The molecule has 1 aliphatic rings. The third-order valence-electron chi connectivity index (χ3n) is 3.20. The molecular weight excluding hydrogens is 304 g/mol. The van der Waals surface area contributed by atoms with Crippen molar-refractivity contribution in [1.82, 2.24) is 20.1 Å². The number of carbonyl (C=O) groups is 1. The van der Waals surface area contributed by atoms with Gasteiger partial charge in [-0.1, -0.05) is 17.8 Å². The summed E-state index contributed by atoms with van der Waals surface area (Å²) in [6.07, 6.45) is 2.22. The van der Waals surface area contributed by atoms with E-state index in [1.54, 1.807) is 11.3 Å². The lowest BCUT2D eigenvalue weighted by atomic mass is 10.3. The molecule has 2 heterocycles. The first-order valence-corrected chi connectivity index (χ1v) is 8.92. The van der Waals surface area contributed by atoms with Crippen molar-refractivity contribution in [3.05, 3.63) is 17.5 Å². The fourth-order valence-corrected chi connectivity index (χ4v) is 3.63. The summed E-state index contributed by atoms with van der Waals surface area (Å²) in [7, 11) is 0. The Morgan fingerprint density at radius 1 is 1.52 bits per heavy atom. The number of carbonyl (C=O) groups excluding carboxylic acids is 1. The Morgan fingerprint density at radius 2 is 2.33 bits per heavy atom. The Bertz CT molecular complexity index is 617. The second kappa shape index (κ2) is 6.19. The van der Waals surface area contributed by atoms with E-state index in [9.17, 15) is 4.79 Å². The molecule has 0 bridgehead atoms. The zero-order chi connectivity index (χ0) is 14.8. The maximum absolute atomic E-state index is 11.8. The largest absolute Gasteiger partial charge is 0.353 e. The fraction of sp³-hybridized carbons (Fsp3) is 0.500. The smallest absolute Gasteiger partial charge is 0.230 e. The van der Waals surface area contributed by atoms with E-state index in [0.29, 0.717) is 11.8 Å². The summed E-state index contributed by atoms with van der Waals surface area (Å²) in [6.45, 7) is 4.21. The van der Waals surface area contributed by atoms with Gasteiger partial charge in [-0.3, -0.25) is 9.36 Å². The molecule has 1 saturated carbocycles. The monoisotopic (exact) mass is 322 g/mol. The highest BCUT2D eigenvalue weighted by molar-refractivity contribution is 7.99. The topological polar surface area (TPSA) is 59.8 Å². The van der Waals surface area contributed by atoms with E-state index >= 15 is 0 Å². The summed E-state index contributed by atoms with van der Waals surface area (Å²) in [5.74, 6) is 1.36. The molecule has 2 aromatic rings. The van der Waals surface area contributed by atoms with Gasteiger partial charge < -0.3 is 5.32 Å². The third kappa shape index (κ3) is 3.47. The van der Waals surface area contributed by atoms with E-state index in [1.807, 2.05) is 17.5 Å². The van der Waals surface area contributed by atoms with Crippen molar-refractivity contribution in [2.75, 3.05) is 5.75 Å². The van der Waals surface area contributed by atoms with Crippen LogP contribution in [0.25, 0.3) is 10.7 Å². The fourth-order valence-electron chi connectivity index (χ4n) is 2.04. The van der Waals surface area contributed by atoms with Gasteiger partial charge in [-0.05, 0) is 38.1 Å². The molecule has 1 amide bonds. The quantitative estimate of drug-likeness (QED) is 0.831. The summed E-state index contributed by atoms with van der Waals surface area (Å²) in [6, 6.07) is 4.71. The first kappa shape index (κ1) is 14.6. The van der Waals surface area contributed by atoms with Crippen molar-refractivity contribution >= 4 is 29.0 Å². The predicted molar refractivity (Wildman–Crippen MR) is 85.6 cm³/mol. The first-order valence-electron chi connectivity index (χ1n) is 7.06. The van der Waals surface area contributed by atoms with Crippen LogP contribution in [0.15, 0.2) is 22.7 Å². The maximum atomic E-state index is 11.8. The van der Waals surface area contributed by atoms with Crippen LogP contribution in [0.5, 0.6) is 0 Å². The van der Waals surface area contributed by atoms with Crippen molar-refractivity contribution in [1.29, 1.82) is 0 Å². The molecular formula is C14H18N4OS2. The van der Waals surface area contributed by atoms with E-state index in [0.717, 1.165) is 28.7 Å². The number of thiophene rings is 1. The van der Waals surface area contributed by atoms with Gasteiger partial charge in [0.15, 0.2) is 11.0 Å². The van der Waals surface area contributed by atoms with Gasteiger partial charge >= 0.3 is 0 Å². The molecule has 1 aliphatic carbocycles. The second-order valence-electron chi connectivity index (χ2n) is 5.38. The number of thioether (sulfide) groups is 1. The summed E-state index contributed by atoms with van der Waals surface area (Å²) in [5.41, 5.74) is 0. The lowest BCUT2D eigenvalue weighted by Gasteiger charge is -2.12. The molecule has 0 aliphatic heterocycles. The molecule has 0 saturated heterocycles. The number of rotatable bonds is 6. The normalized spacial score (nSPS) is 14.6. The zero-order valence-corrected chi connectivity index (χ0v) is 13.7. The highest BCUT2D eigenvalue weighted by Crippen LogP contribution is 2.30. The molecule has 1 N–H and O–H groups in total. The van der Waals surface area contributed by atoms with Crippen LogP contribution in [-0.2, 0) is 4.79 Å². The van der Waals surface area contributed by atoms with Crippen LogP contribution in [-0.4, -0.2) is 32.5 Å². The summed E-state index contributed by atoms with van der Waals surface area (Å²) in [4.78, 5) is 12.9. The van der Waals surface area contributed by atoms with E-state index in [2.05, 4.69) is 33.9 Å². The Morgan fingerprint density at radius 3 is 2.95 bits per heavy atom. The van der Waals surface area contributed by atoms with Crippen LogP contribution in [0.2, 0.25) is 0 Å². The Hall–Kier alpha value is -1.34. The van der Waals surface area contributed by atoms with Crippen LogP contribution >= 0.6 is 23.1 Å². The minimum Gasteiger partial charge on any atom is -0.353 e. The molecule has 0 spiro atoms. The molecule has 3 rings (SSSR count). The van der Waals surface area contributed by atoms with Crippen molar-refractivity contribution < 1.29 is 4.79 Å². The molecule has 0 atom stereocenters. The van der Waals surface area contributed by atoms with Gasteiger partial charge in [-0.2, -0.15) is 0 Å². The van der Waals surface area contributed by atoms with Crippen LogP contribution in [0.1, 0.15) is 32.7 Å². The molecule has 112 valence electrons. The standard InChI is InChI=1S/C14H18N4OS2/c1-9(2)18-13(11-4-3-7-20-11)16-17-14(18)21-8-12(19)15-10-5-6-10/h3-4,7,9-10H,5-6,8H2,1-2H3,(H,15,19). The van der Waals surface area contributed by atoms with Gasteiger partial charge in [0.25, 0.3) is 0 Å². The first-order chi connectivity index (χ1) is 10.1. The summed E-state index contributed by atoms with van der Waals surface area (Å²) >= 11 is 3.10. The molecule has 21 heavy (non-hydrogen) atoms. The second-order valence-corrected chi connectivity index (χ2v) is 7.27. The van der Waals surface area contributed by atoms with E-state index in [4.69, 9.17) is 0 Å². The lowest BCUT2D eigenvalue weighted by Crippen LogP contribution is -2.27. The number of amides is 1. The summed E-state index contributed by atoms with van der Waals surface area (Å²) in [5, 5.41) is 14.4. The van der Waals surface area contributed by atoms with Gasteiger partial charge in [0.05, 0.1) is 10.6 Å². The highest BCUT2D eigenvalue weighted by Gasteiger charge is 2.24. The Kier molecular flexibility index (Phi) is 4.30. The molecule has 0 unspecified atom stereocenters. The Labute approximate surface area is 132 Å². The van der Waals surface area contributed by atoms with Crippen molar-refractivity contribution in [3.63, 3.8) is 0 Å². The predicted octanol–water partition coefficient (Wildman–Crippen LogP) is 2.96. The van der Waals surface area contributed by atoms with Crippen LogP contribution in [0.4, 0.5) is 0 Å². The number of nitrogens with one attached hydrogen (secondary N) is 1. The van der Waals surface area contributed by atoms with Crippen LogP contribution in [0.3, 0.4) is 0 Å². The van der Waals surface area contributed by atoms with Gasteiger partial charge in [0, 0.05) is 12.1 Å². The lowest BCUT2D eigenvalue weighted by molar-refractivity contribution is -0.118. The Balaban J connectivity index is 1.73. The summed E-state index contributed by atoms with van der Waals surface area (Å²) < 4.78 is 2.10. The van der Waals surface area contributed by atoms with E-state index < -0.39 is 0 Å². The van der Waals surface area contributed by atoms with Crippen LogP contribution in [0, 0.1) is 0 Å². The average Bonchev–Trinajstić information content (AvgIpc) is 2.95. The average molecular weight is 322 g/mol. The number of aromatic nitrogens is 3. The van der Waals surface area contributed by atoms with Crippen LogP contribution < -0.4 is 5.32 Å². The third-order valence-corrected chi connectivity index (χ3v) is 5.01. The minimum atomic E-state index is 0.0819. The number of hydrogen-bond acceptors (Lipinski definition) is 5. The molecule has 5 nitrogen and oxygen atoms in total. The van der Waals surface area contributed by atoms with E-state index in [1.165, 1.54) is 11.8 Å². The van der Waals surface area contributed by atoms with Gasteiger partial charge in [-0.15, -0.1) is 21.5 Å². The van der Waals surface area contributed by atoms with Crippen molar-refractivity contribution in [3.8, 4) is 10.7 Å². The molecule has 0 aromatic carbocycles. The van der Waals surface area contributed by atoms with Gasteiger partial charge in [0.1, 0.15) is 0 Å². The van der Waals surface area contributed by atoms with Crippen molar-refractivity contribution in [2.45, 2.75) is 43.9 Å². The van der Waals surface area contributed by atoms with E-state index in [-0.39, 0.29) is 11.9 Å². The molecule has 7 heteroatoms. The van der Waals surface area contributed by atoms with Gasteiger partial charge in [0.2, 0.25) is 5.91 Å². The number of nitrogens with zero attached hydrogens (tertiary/aromatic N) is 3. The maximum Gasteiger partial charge on any atom is 0.230 e. The van der Waals surface area contributed by atoms with Gasteiger partial charge in [-0.25, -0.2) is 0 Å². The molecule has 2 aromatic heterocycles. The number of hydrogen-bond donors (Lipinski definition) is 1. The molecule has 0 radical (unpaired) electrons. The highest BCUT2D eigenvalue weighted by atomic mass is 32.2. The van der Waals surface area contributed by atoms with Crippen molar-refractivity contribution in [2.24, 2.45) is 0 Å². The zero-order valence-electron chi connectivity index (χ0n) is 12.1. The SMILES string of the molecule is CC(C)n1c(SCC(=O)NC2CC2)nnc1-c1cccs1. The molecule has 1 fully saturated rings. The minimum absolute atomic E-state index is 0.0819.